The van der Waals surface area contributed by atoms with Crippen LogP contribution in [0.5, 0.6) is 0 Å². The molecule has 2 nitrogen and oxygen atoms in total. The summed E-state index contributed by atoms with van der Waals surface area (Å²) >= 11 is 0. The summed E-state index contributed by atoms with van der Waals surface area (Å²) in [4.78, 5) is 0. The first-order valence-electron chi connectivity index (χ1n) is 1.79. The van der Waals surface area contributed by atoms with Crippen molar-refractivity contribution in [1.29, 1.82) is 0 Å². The molecule has 0 heterocycles. The molecule has 56 valence electrons. The zero-order chi connectivity index (χ0) is 4.50. The number of rotatable bonds is 0. The highest BCUT2D eigenvalue weighted by atomic mass is 127. The quantitative estimate of drug-likeness (QED) is 0.336. The molecule has 0 saturated carbocycles. The SMILES string of the molecule is C[N+](C)(C)C.[I-].[I-].[NH4+]. The maximum atomic E-state index is 2.12. The van der Waals surface area contributed by atoms with Crippen molar-refractivity contribution < 1.29 is 52.4 Å². The maximum Gasteiger partial charge on any atom is 0.0675 e. The molecule has 0 atom stereocenters. The molecule has 0 aliphatic rings. The largest absolute Gasteiger partial charge is 1.00 e. The topological polar surface area (TPSA) is 36.5 Å². The average molecular weight is 346 g/mol. The van der Waals surface area contributed by atoms with Crippen molar-refractivity contribution >= 4 is 0 Å². The molecule has 0 aliphatic heterocycles. The van der Waals surface area contributed by atoms with E-state index in [1.807, 2.05) is 0 Å². The summed E-state index contributed by atoms with van der Waals surface area (Å²) < 4.78 is 1.00. The van der Waals surface area contributed by atoms with E-state index in [1.165, 1.54) is 0 Å². The molecule has 0 saturated heterocycles. The van der Waals surface area contributed by atoms with Gasteiger partial charge in [0.25, 0.3) is 0 Å². The molecular weight excluding hydrogens is 330 g/mol. The Hall–Kier alpha value is 1.38. The van der Waals surface area contributed by atoms with Gasteiger partial charge in [-0.3, -0.25) is 0 Å². The number of hydrogen-bond acceptors (Lipinski definition) is 0. The third-order valence-electron chi connectivity index (χ3n) is 0. The number of nitrogens with zero attached hydrogens (tertiary/aromatic N) is 1. The Labute approximate surface area is 86.2 Å². The highest BCUT2D eigenvalue weighted by molar-refractivity contribution is 3.87. The van der Waals surface area contributed by atoms with Gasteiger partial charge in [0.1, 0.15) is 0 Å². The van der Waals surface area contributed by atoms with Crippen LogP contribution >= 0.6 is 0 Å². The van der Waals surface area contributed by atoms with Crippen LogP contribution in [-0.2, 0) is 0 Å². The Morgan fingerprint density at radius 2 is 0.750 bits per heavy atom. The van der Waals surface area contributed by atoms with Gasteiger partial charge in [-0.1, -0.05) is 0 Å². The van der Waals surface area contributed by atoms with Gasteiger partial charge in [-0.25, -0.2) is 0 Å². The van der Waals surface area contributed by atoms with Crippen molar-refractivity contribution in [3.63, 3.8) is 0 Å². The van der Waals surface area contributed by atoms with Gasteiger partial charge in [0.15, 0.2) is 0 Å². The fourth-order valence-electron chi connectivity index (χ4n) is 0. The molecule has 8 heavy (non-hydrogen) atoms. The Morgan fingerprint density at radius 3 is 0.750 bits per heavy atom. The fraction of sp³-hybridized carbons (Fsp3) is 1.00. The minimum atomic E-state index is 0. The standard InChI is InChI=1S/C4H12N.2HI.H3N/c1-5(2,3)4;;;/h1-4H3;2*1H;1H3/q+1;;;/p-1. The first kappa shape index (κ1) is 22.8. The Kier molecular flexibility index (Phi) is 23.8. The molecule has 0 bridgehead atoms. The van der Waals surface area contributed by atoms with Crippen molar-refractivity contribution in [1.82, 2.24) is 6.15 Å². The first-order chi connectivity index (χ1) is 2.00. The van der Waals surface area contributed by atoms with Gasteiger partial charge >= 0.3 is 0 Å². The molecule has 0 aromatic rings. The van der Waals surface area contributed by atoms with Crippen molar-refractivity contribution in [2.75, 3.05) is 28.2 Å². The van der Waals surface area contributed by atoms with Crippen LogP contribution in [0.1, 0.15) is 0 Å². The number of quaternary nitrogens is 2. The fourth-order valence-corrected chi connectivity index (χ4v) is 0. The lowest BCUT2D eigenvalue weighted by Crippen LogP contribution is -3.00. The highest BCUT2D eigenvalue weighted by Crippen LogP contribution is 1.73. The summed E-state index contributed by atoms with van der Waals surface area (Å²) in [5, 5.41) is 0. The Bertz CT molecular complexity index is 27.5. The van der Waals surface area contributed by atoms with Crippen LogP contribution < -0.4 is 54.1 Å². The average Bonchev–Trinajstić information content (AvgIpc) is 0.722. The van der Waals surface area contributed by atoms with E-state index in [1.54, 1.807) is 0 Å². The van der Waals surface area contributed by atoms with Crippen LogP contribution in [0.25, 0.3) is 0 Å². The predicted octanol–water partition coefficient (Wildman–Crippen LogP) is -5.29. The van der Waals surface area contributed by atoms with E-state index in [-0.39, 0.29) is 54.1 Å². The monoisotopic (exact) mass is 346 g/mol. The van der Waals surface area contributed by atoms with Crippen LogP contribution in [0.15, 0.2) is 0 Å². The molecule has 4 heteroatoms. The molecule has 0 aromatic carbocycles. The van der Waals surface area contributed by atoms with E-state index >= 15 is 0 Å². The van der Waals surface area contributed by atoms with Gasteiger partial charge < -0.3 is 58.6 Å². The van der Waals surface area contributed by atoms with Crippen molar-refractivity contribution in [3.05, 3.63) is 0 Å². The summed E-state index contributed by atoms with van der Waals surface area (Å²) in [6.45, 7) is 0. The molecule has 0 amide bonds. The van der Waals surface area contributed by atoms with Gasteiger partial charge in [-0.05, 0) is 0 Å². The lowest BCUT2D eigenvalue weighted by atomic mass is 10.8. The van der Waals surface area contributed by atoms with E-state index in [9.17, 15) is 0 Å². The molecule has 0 aliphatic carbocycles. The van der Waals surface area contributed by atoms with Crippen LogP contribution in [0.3, 0.4) is 0 Å². The van der Waals surface area contributed by atoms with Gasteiger partial charge in [-0.15, -0.1) is 0 Å². The molecule has 0 radical (unpaired) electrons. The van der Waals surface area contributed by atoms with Crippen molar-refractivity contribution in [2.45, 2.75) is 0 Å². The second-order valence-corrected chi connectivity index (χ2v) is 2.68. The van der Waals surface area contributed by atoms with E-state index < -0.39 is 0 Å². The number of hydrogen-bond donors (Lipinski definition) is 1. The summed E-state index contributed by atoms with van der Waals surface area (Å²) in [6, 6.07) is 0. The molecule has 0 fully saturated rings. The van der Waals surface area contributed by atoms with E-state index in [4.69, 9.17) is 0 Å². The lowest BCUT2D eigenvalue weighted by Gasteiger charge is -2.14. The van der Waals surface area contributed by atoms with Crippen molar-refractivity contribution in [3.8, 4) is 0 Å². The predicted molar refractivity (Wildman–Crippen MR) is 29.9 cm³/mol. The molecule has 0 unspecified atom stereocenters. The van der Waals surface area contributed by atoms with Crippen LogP contribution in [0.4, 0.5) is 0 Å². The van der Waals surface area contributed by atoms with E-state index in [0.717, 1.165) is 4.48 Å². The first-order valence-corrected chi connectivity index (χ1v) is 1.79. The maximum absolute atomic E-state index is 2.12. The third kappa shape index (κ3) is 158. The Morgan fingerprint density at radius 1 is 0.750 bits per heavy atom. The summed E-state index contributed by atoms with van der Waals surface area (Å²) in [6.07, 6.45) is 0. The Balaban J connectivity index is -0.0000000267. The van der Waals surface area contributed by atoms with Gasteiger partial charge in [0.2, 0.25) is 0 Å². The second-order valence-electron chi connectivity index (χ2n) is 2.68. The summed E-state index contributed by atoms with van der Waals surface area (Å²) in [5.74, 6) is 0. The zero-order valence-electron chi connectivity index (χ0n) is 6.20. The number of halogens is 2. The smallest absolute Gasteiger partial charge is 0.0675 e. The van der Waals surface area contributed by atoms with Crippen LogP contribution in [0, 0.1) is 0 Å². The third-order valence-corrected chi connectivity index (χ3v) is 0. The summed E-state index contributed by atoms with van der Waals surface area (Å²) in [7, 11) is 8.50. The van der Waals surface area contributed by atoms with Crippen LogP contribution in [0.2, 0.25) is 0 Å². The van der Waals surface area contributed by atoms with E-state index in [2.05, 4.69) is 28.2 Å². The second kappa shape index (κ2) is 8.38. The van der Waals surface area contributed by atoms with Gasteiger partial charge in [0.05, 0.1) is 28.2 Å². The molecule has 0 rings (SSSR count). The highest BCUT2D eigenvalue weighted by Gasteiger charge is 1.88. The molecular formula is C4H16I2N2. The minimum Gasteiger partial charge on any atom is -1.00 e. The van der Waals surface area contributed by atoms with Gasteiger partial charge in [-0.2, -0.15) is 0 Å². The normalized spacial score (nSPS) is 7.50. The zero-order valence-corrected chi connectivity index (χ0v) is 10.5. The summed E-state index contributed by atoms with van der Waals surface area (Å²) in [5.41, 5.74) is 0. The van der Waals surface area contributed by atoms with Gasteiger partial charge in [0, 0.05) is 0 Å². The molecule has 4 N–H and O–H groups in total. The molecule has 0 aromatic heterocycles. The van der Waals surface area contributed by atoms with Crippen molar-refractivity contribution in [2.24, 2.45) is 0 Å². The lowest BCUT2D eigenvalue weighted by molar-refractivity contribution is -0.849. The van der Waals surface area contributed by atoms with E-state index in [0.29, 0.717) is 0 Å². The van der Waals surface area contributed by atoms with Crippen LogP contribution in [-0.4, -0.2) is 32.7 Å². The minimum absolute atomic E-state index is 0. The molecule has 0 spiro atoms.